The van der Waals surface area contributed by atoms with E-state index in [1.54, 1.807) is 6.20 Å². The van der Waals surface area contributed by atoms with Crippen molar-refractivity contribution in [2.24, 2.45) is 5.73 Å². The molecule has 3 N–H and O–H groups in total. The monoisotopic (exact) mass is 266 g/mol. The first-order valence-electron chi connectivity index (χ1n) is 6.83. The van der Waals surface area contributed by atoms with Gasteiger partial charge >= 0.3 is 0 Å². The van der Waals surface area contributed by atoms with Crippen LogP contribution in [0.4, 0.5) is 5.69 Å². The van der Waals surface area contributed by atoms with E-state index in [9.17, 15) is 4.79 Å². The van der Waals surface area contributed by atoms with Gasteiger partial charge in [0.1, 0.15) is 0 Å². The van der Waals surface area contributed by atoms with Gasteiger partial charge in [0.25, 0.3) is 0 Å². The topological polar surface area (TPSA) is 82.2 Å². The van der Waals surface area contributed by atoms with Crippen LogP contribution in [-0.2, 0) is 16.1 Å². The molecule has 2 unspecified atom stereocenters. The van der Waals surface area contributed by atoms with Gasteiger partial charge < -0.3 is 15.8 Å². The molecule has 0 aliphatic carbocycles. The molecule has 1 aromatic rings. The fourth-order valence-electron chi connectivity index (χ4n) is 2.11. The van der Waals surface area contributed by atoms with Crippen molar-refractivity contribution in [2.75, 3.05) is 11.9 Å². The van der Waals surface area contributed by atoms with Crippen molar-refractivity contribution in [3.05, 3.63) is 12.4 Å². The lowest BCUT2D eigenvalue weighted by atomic mass is 10.2. The summed E-state index contributed by atoms with van der Waals surface area (Å²) in [5, 5.41) is 7.05. The van der Waals surface area contributed by atoms with E-state index in [0.717, 1.165) is 31.7 Å². The van der Waals surface area contributed by atoms with Crippen LogP contribution >= 0.6 is 0 Å². The van der Waals surface area contributed by atoms with Gasteiger partial charge in [0.2, 0.25) is 5.91 Å². The van der Waals surface area contributed by atoms with Gasteiger partial charge in [0.05, 0.1) is 24.5 Å². The van der Waals surface area contributed by atoms with Crippen LogP contribution in [0.2, 0.25) is 0 Å². The predicted molar refractivity (Wildman–Crippen MR) is 72.7 cm³/mol. The summed E-state index contributed by atoms with van der Waals surface area (Å²) in [6.45, 7) is 3.48. The third-order valence-electron chi connectivity index (χ3n) is 3.16. The van der Waals surface area contributed by atoms with E-state index in [1.807, 2.05) is 17.8 Å². The Morgan fingerprint density at radius 3 is 3.26 bits per heavy atom. The average molecular weight is 266 g/mol. The number of rotatable bonds is 6. The molecule has 0 aromatic carbocycles. The molecule has 1 aromatic heterocycles. The fourth-order valence-corrected chi connectivity index (χ4v) is 2.11. The van der Waals surface area contributed by atoms with Crippen LogP contribution in [0.1, 0.15) is 32.6 Å². The van der Waals surface area contributed by atoms with Crippen LogP contribution < -0.4 is 11.1 Å². The second kappa shape index (κ2) is 6.68. The molecule has 19 heavy (non-hydrogen) atoms. The summed E-state index contributed by atoms with van der Waals surface area (Å²) in [5.41, 5.74) is 6.35. The highest BCUT2D eigenvalue weighted by molar-refractivity contribution is 5.90. The number of nitrogens with one attached hydrogen (secondary N) is 1. The molecule has 0 spiro atoms. The van der Waals surface area contributed by atoms with Crippen LogP contribution in [0, 0.1) is 0 Å². The minimum atomic E-state index is -0.0195. The third-order valence-corrected chi connectivity index (χ3v) is 3.16. The Labute approximate surface area is 113 Å². The Kier molecular flexibility index (Phi) is 4.93. The summed E-state index contributed by atoms with van der Waals surface area (Å²) >= 11 is 0. The van der Waals surface area contributed by atoms with E-state index in [1.165, 1.54) is 0 Å². The Hall–Kier alpha value is -1.40. The molecule has 2 atom stereocenters. The normalized spacial score (nSPS) is 20.4. The lowest BCUT2D eigenvalue weighted by Crippen LogP contribution is -2.19. The van der Waals surface area contributed by atoms with Crippen molar-refractivity contribution in [2.45, 2.75) is 51.3 Å². The maximum absolute atomic E-state index is 11.6. The van der Waals surface area contributed by atoms with E-state index in [4.69, 9.17) is 10.5 Å². The summed E-state index contributed by atoms with van der Waals surface area (Å²) in [5.74, 6) is -0.0195. The van der Waals surface area contributed by atoms with Gasteiger partial charge in [-0.15, -0.1) is 0 Å². The van der Waals surface area contributed by atoms with Gasteiger partial charge in [0, 0.05) is 25.3 Å². The van der Waals surface area contributed by atoms with Crippen molar-refractivity contribution >= 4 is 11.6 Å². The first kappa shape index (κ1) is 14.0. The highest BCUT2D eigenvalue weighted by Gasteiger charge is 2.16. The van der Waals surface area contributed by atoms with Crippen LogP contribution in [-0.4, -0.2) is 34.4 Å². The van der Waals surface area contributed by atoms with Crippen molar-refractivity contribution < 1.29 is 9.53 Å². The zero-order valence-corrected chi connectivity index (χ0v) is 11.3. The van der Waals surface area contributed by atoms with Gasteiger partial charge in [-0.05, 0) is 26.2 Å². The van der Waals surface area contributed by atoms with Crippen LogP contribution in [0.25, 0.3) is 0 Å². The molecule has 1 amide bonds. The van der Waals surface area contributed by atoms with Crippen LogP contribution in [0.15, 0.2) is 12.4 Å². The molecule has 1 aliphatic rings. The molecule has 1 fully saturated rings. The number of carbonyl (C=O) groups excluding carboxylic acids is 1. The first-order chi connectivity index (χ1) is 9.13. The Morgan fingerprint density at radius 1 is 1.74 bits per heavy atom. The van der Waals surface area contributed by atoms with E-state index in [-0.39, 0.29) is 18.1 Å². The standard InChI is InChI=1S/C13H22N4O2/c1-10(14)4-5-13(18)16-11-7-15-17(8-11)9-12-3-2-6-19-12/h7-8,10,12H,2-6,9,14H2,1H3,(H,16,18). The predicted octanol–water partition coefficient (Wildman–Crippen LogP) is 1.13. The molecule has 0 radical (unpaired) electrons. The molecular formula is C13H22N4O2. The van der Waals surface area contributed by atoms with E-state index >= 15 is 0 Å². The number of ether oxygens (including phenoxy) is 1. The second-order valence-electron chi connectivity index (χ2n) is 5.15. The van der Waals surface area contributed by atoms with Crippen LogP contribution in [0.3, 0.4) is 0 Å². The lowest BCUT2D eigenvalue weighted by Gasteiger charge is -2.08. The number of aromatic nitrogens is 2. The summed E-state index contributed by atoms with van der Waals surface area (Å²) in [4.78, 5) is 11.6. The number of hydrogen-bond donors (Lipinski definition) is 2. The largest absolute Gasteiger partial charge is 0.376 e. The van der Waals surface area contributed by atoms with Gasteiger partial charge in [-0.1, -0.05) is 0 Å². The smallest absolute Gasteiger partial charge is 0.224 e. The molecule has 2 heterocycles. The minimum absolute atomic E-state index is 0.0195. The zero-order chi connectivity index (χ0) is 13.7. The van der Waals surface area contributed by atoms with Gasteiger partial charge in [-0.3, -0.25) is 9.48 Å². The van der Waals surface area contributed by atoms with Crippen molar-refractivity contribution in [1.29, 1.82) is 0 Å². The van der Waals surface area contributed by atoms with Crippen molar-refractivity contribution in [3.8, 4) is 0 Å². The average Bonchev–Trinajstić information content (AvgIpc) is 2.99. The van der Waals surface area contributed by atoms with Gasteiger partial charge in [-0.2, -0.15) is 5.10 Å². The highest BCUT2D eigenvalue weighted by Crippen LogP contribution is 2.15. The fraction of sp³-hybridized carbons (Fsp3) is 0.692. The Morgan fingerprint density at radius 2 is 2.58 bits per heavy atom. The zero-order valence-electron chi connectivity index (χ0n) is 11.3. The quantitative estimate of drug-likeness (QED) is 0.808. The van der Waals surface area contributed by atoms with E-state index < -0.39 is 0 Å². The maximum Gasteiger partial charge on any atom is 0.224 e. The highest BCUT2D eigenvalue weighted by atomic mass is 16.5. The Balaban J connectivity index is 1.78. The molecule has 6 nitrogen and oxygen atoms in total. The van der Waals surface area contributed by atoms with E-state index in [2.05, 4.69) is 10.4 Å². The molecule has 0 bridgehead atoms. The number of hydrogen-bond acceptors (Lipinski definition) is 4. The molecule has 1 aliphatic heterocycles. The summed E-state index contributed by atoms with van der Waals surface area (Å²) in [6, 6.07) is 0.0491. The van der Waals surface area contributed by atoms with Crippen LogP contribution in [0.5, 0.6) is 0 Å². The SMILES string of the molecule is CC(N)CCC(=O)Nc1cnn(CC2CCCO2)c1. The van der Waals surface area contributed by atoms with Crippen molar-refractivity contribution in [1.82, 2.24) is 9.78 Å². The summed E-state index contributed by atoms with van der Waals surface area (Å²) in [7, 11) is 0. The summed E-state index contributed by atoms with van der Waals surface area (Å²) < 4.78 is 7.37. The molecule has 1 saturated heterocycles. The molecular weight excluding hydrogens is 244 g/mol. The maximum atomic E-state index is 11.6. The summed E-state index contributed by atoms with van der Waals surface area (Å²) in [6.07, 6.45) is 7.08. The molecule has 6 heteroatoms. The Bertz CT molecular complexity index is 411. The van der Waals surface area contributed by atoms with Gasteiger partial charge in [0.15, 0.2) is 0 Å². The molecule has 106 valence electrons. The number of anilines is 1. The number of carbonyl (C=O) groups is 1. The van der Waals surface area contributed by atoms with Gasteiger partial charge in [-0.25, -0.2) is 0 Å². The number of nitrogens with zero attached hydrogens (tertiary/aromatic N) is 2. The first-order valence-corrected chi connectivity index (χ1v) is 6.83. The molecule has 0 saturated carbocycles. The molecule has 2 rings (SSSR count). The number of nitrogens with two attached hydrogens (primary N) is 1. The third kappa shape index (κ3) is 4.65. The second-order valence-corrected chi connectivity index (χ2v) is 5.15. The lowest BCUT2D eigenvalue weighted by molar-refractivity contribution is -0.116. The number of amides is 1. The van der Waals surface area contributed by atoms with Crippen molar-refractivity contribution in [3.63, 3.8) is 0 Å². The van der Waals surface area contributed by atoms with E-state index in [0.29, 0.717) is 12.8 Å². The minimum Gasteiger partial charge on any atom is -0.376 e.